The summed E-state index contributed by atoms with van der Waals surface area (Å²) < 4.78 is 5.82. The number of carboxylic acid groups (broad SMARTS) is 1. The van der Waals surface area contributed by atoms with E-state index in [4.69, 9.17) is 33.0 Å². The van der Waals surface area contributed by atoms with Gasteiger partial charge >= 0.3 is 0 Å². The maximum absolute atomic E-state index is 9.44. The van der Waals surface area contributed by atoms with Gasteiger partial charge in [0.05, 0.1) is 17.1 Å². The zero-order valence-corrected chi connectivity index (χ0v) is 29.9. The first-order chi connectivity index (χ1) is 22.3. The van der Waals surface area contributed by atoms with Crippen molar-refractivity contribution in [2.45, 2.75) is 76.2 Å². The Morgan fingerprint density at radius 1 is 0.583 bits per heavy atom. The fourth-order valence-corrected chi connectivity index (χ4v) is 4.46. The highest BCUT2D eigenvalue weighted by Crippen LogP contribution is 2.19. The predicted molar refractivity (Wildman–Crippen MR) is 187 cm³/mol. The number of aliphatic carboxylic acids is 1. The molecule has 0 aliphatic heterocycles. The monoisotopic (exact) mass is 681 g/mol. The number of rotatable bonds is 0. The largest absolute Gasteiger partial charge is 0.481 e. The molecular formula is C32H44ClN11O4. The lowest BCUT2D eigenvalue weighted by atomic mass is 10.4. The molecule has 0 aromatic carbocycles. The van der Waals surface area contributed by atoms with Crippen LogP contribution >= 0.6 is 11.6 Å². The van der Waals surface area contributed by atoms with Crippen LogP contribution in [-0.4, -0.2) is 65.7 Å². The van der Waals surface area contributed by atoms with Crippen molar-refractivity contribution in [3.05, 3.63) is 76.9 Å². The number of anilines is 2. The molecule has 258 valence electrons. The highest BCUT2D eigenvalue weighted by Gasteiger charge is 2.08. The van der Waals surface area contributed by atoms with Crippen molar-refractivity contribution in [2.24, 2.45) is 0 Å². The molecule has 15 nitrogen and oxygen atoms in total. The molecule has 0 amide bonds. The van der Waals surface area contributed by atoms with Crippen molar-refractivity contribution < 1.29 is 19.5 Å². The lowest BCUT2D eigenvalue weighted by Gasteiger charge is -1.97. The Morgan fingerprint density at radius 2 is 0.833 bits per heavy atom. The summed E-state index contributed by atoms with van der Waals surface area (Å²) in [5.74, 6) is 3.39. The lowest BCUT2D eigenvalue weighted by molar-refractivity contribution is -0.134. The number of carbonyl (C=O) groups is 3. The van der Waals surface area contributed by atoms with Gasteiger partial charge in [0.25, 0.3) is 5.97 Å². The Bertz CT molecular complexity index is 1770. The Balaban J connectivity index is 0.000000309. The smallest absolute Gasteiger partial charge is 0.300 e. The van der Waals surface area contributed by atoms with Crippen LogP contribution in [0.4, 0.5) is 11.6 Å². The Kier molecular flexibility index (Phi) is 15.8. The molecule has 0 spiro atoms. The van der Waals surface area contributed by atoms with Crippen LogP contribution < -0.4 is 11.5 Å². The molecule has 48 heavy (non-hydrogen) atoms. The number of imidazole rings is 3. The van der Waals surface area contributed by atoms with Gasteiger partial charge in [-0.05, 0) is 69.2 Å². The van der Waals surface area contributed by atoms with E-state index >= 15 is 0 Å². The summed E-state index contributed by atoms with van der Waals surface area (Å²) in [5.41, 5.74) is 16.9. The fraction of sp³-hybridized carbons (Fsp3) is 0.344. The van der Waals surface area contributed by atoms with Crippen LogP contribution in [0, 0.1) is 41.5 Å². The van der Waals surface area contributed by atoms with Crippen molar-refractivity contribution in [1.82, 2.24) is 43.1 Å². The Hall–Kier alpha value is -5.44. The second-order valence-electron chi connectivity index (χ2n) is 10.6. The van der Waals surface area contributed by atoms with Crippen molar-refractivity contribution in [3.63, 3.8) is 0 Å². The number of hydrogen-bond acceptors (Lipinski definition) is 11. The second-order valence-corrected chi connectivity index (χ2v) is 10.9. The fourth-order valence-electron chi connectivity index (χ4n) is 4.18. The molecular weight excluding hydrogens is 638 g/mol. The first kappa shape index (κ1) is 40.6. The zero-order valence-electron chi connectivity index (χ0n) is 29.2. The number of halogens is 1. The standard InChI is InChI=1S/C8H8ClN3.2C8H10N4.2C3H6O.C2H4O2/c3*1-5-7-8(9)10-3-4-12(7)6(2)11-5;2*1-3(2)4;1-2(3)4/h3-4H,1-2H3;2*3-4H,1-2H3,(H2,9,10);2*1-2H3;1H3,(H,3,4). The summed E-state index contributed by atoms with van der Waals surface area (Å²) in [7, 11) is 0. The molecule has 0 saturated heterocycles. The van der Waals surface area contributed by atoms with Crippen molar-refractivity contribution in [3.8, 4) is 0 Å². The number of carboxylic acids is 1. The lowest BCUT2D eigenvalue weighted by Crippen LogP contribution is -1.95. The SMILES string of the molecule is CC(=O)O.CC(C)=O.CC(C)=O.Cc1nc(C)n2ccnc(Cl)c12.Cc1nc(C)n2ccnc(N)c12.Cc1nc(C)n2ccnc(N)c12. The Labute approximate surface area is 284 Å². The molecule has 0 unspecified atom stereocenters. The number of hydrogen-bond donors (Lipinski definition) is 3. The second kappa shape index (κ2) is 18.6. The minimum Gasteiger partial charge on any atom is -0.481 e. The van der Waals surface area contributed by atoms with E-state index in [-0.39, 0.29) is 11.6 Å². The van der Waals surface area contributed by atoms with Crippen LogP contribution in [0.1, 0.15) is 69.2 Å². The number of fused-ring (bicyclic) bond motifs is 3. The number of aromatic nitrogens is 9. The molecule has 6 heterocycles. The average Bonchev–Trinajstić information content (AvgIpc) is 3.54. The summed E-state index contributed by atoms with van der Waals surface area (Å²) in [5, 5.41) is 7.93. The topological polar surface area (TPSA) is 214 Å². The maximum atomic E-state index is 9.44. The number of carbonyl (C=O) groups excluding carboxylic acids is 2. The van der Waals surface area contributed by atoms with Gasteiger partial charge in [0.2, 0.25) is 0 Å². The molecule has 6 aromatic heterocycles. The number of aryl methyl sites for hydroxylation is 6. The van der Waals surface area contributed by atoms with Crippen molar-refractivity contribution in [2.75, 3.05) is 11.5 Å². The molecule has 16 heteroatoms. The van der Waals surface area contributed by atoms with E-state index in [1.807, 2.05) is 73.3 Å². The zero-order chi connectivity index (χ0) is 36.9. The maximum Gasteiger partial charge on any atom is 0.300 e. The van der Waals surface area contributed by atoms with E-state index in [0.717, 1.165) is 58.0 Å². The molecule has 0 saturated carbocycles. The first-order valence-corrected chi connectivity index (χ1v) is 14.9. The molecule has 0 radical (unpaired) electrons. The van der Waals surface area contributed by atoms with Crippen LogP contribution in [-0.2, 0) is 14.4 Å². The summed E-state index contributed by atoms with van der Waals surface area (Å²) in [4.78, 5) is 52.7. The highest BCUT2D eigenvalue weighted by molar-refractivity contribution is 6.32. The highest BCUT2D eigenvalue weighted by atomic mass is 35.5. The van der Waals surface area contributed by atoms with E-state index in [0.29, 0.717) is 16.8 Å². The number of nitrogens with zero attached hydrogens (tertiary/aromatic N) is 9. The summed E-state index contributed by atoms with van der Waals surface area (Å²) in [6.45, 7) is 18.8. The van der Waals surface area contributed by atoms with Crippen LogP contribution in [0.3, 0.4) is 0 Å². The normalized spacial score (nSPS) is 9.75. The third kappa shape index (κ3) is 12.1. The van der Waals surface area contributed by atoms with Crippen LogP contribution in [0.2, 0.25) is 5.15 Å². The summed E-state index contributed by atoms with van der Waals surface area (Å²) in [6.07, 6.45) is 10.6. The first-order valence-electron chi connectivity index (χ1n) is 14.5. The van der Waals surface area contributed by atoms with Gasteiger partial charge in [-0.2, -0.15) is 0 Å². The number of ketones is 2. The van der Waals surface area contributed by atoms with Gasteiger partial charge in [0.1, 0.15) is 57.2 Å². The van der Waals surface area contributed by atoms with Crippen LogP contribution in [0.15, 0.2) is 37.2 Å². The summed E-state index contributed by atoms with van der Waals surface area (Å²) >= 11 is 5.90. The molecule has 0 fully saturated rings. The third-order valence-electron chi connectivity index (χ3n) is 5.73. The minimum atomic E-state index is -0.833. The Morgan fingerprint density at radius 3 is 1.10 bits per heavy atom. The molecule has 5 N–H and O–H groups in total. The van der Waals surface area contributed by atoms with E-state index in [1.54, 1.807) is 18.6 Å². The van der Waals surface area contributed by atoms with Crippen molar-refractivity contribution >= 4 is 57.3 Å². The number of Topliss-reactive ketones (excluding diaryl/α,β-unsaturated/α-hetero) is 2. The van der Waals surface area contributed by atoms with E-state index in [2.05, 4.69) is 29.9 Å². The van der Waals surface area contributed by atoms with Gasteiger partial charge in [0, 0.05) is 44.1 Å². The molecule has 6 aromatic rings. The van der Waals surface area contributed by atoms with Gasteiger partial charge < -0.3 is 26.2 Å². The number of nitrogen functional groups attached to an aromatic ring is 2. The molecule has 0 atom stereocenters. The van der Waals surface area contributed by atoms with Gasteiger partial charge in [-0.25, -0.2) is 29.9 Å². The number of nitrogens with two attached hydrogens (primary N) is 2. The van der Waals surface area contributed by atoms with Gasteiger partial charge in [-0.1, -0.05) is 11.6 Å². The van der Waals surface area contributed by atoms with Crippen molar-refractivity contribution in [1.29, 1.82) is 0 Å². The van der Waals surface area contributed by atoms with Crippen LogP contribution in [0.5, 0.6) is 0 Å². The quantitative estimate of drug-likeness (QED) is 0.190. The van der Waals surface area contributed by atoms with Gasteiger partial charge in [0.15, 0.2) is 5.15 Å². The van der Waals surface area contributed by atoms with Crippen LogP contribution in [0.25, 0.3) is 16.6 Å². The summed E-state index contributed by atoms with van der Waals surface area (Å²) in [6, 6.07) is 0. The van der Waals surface area contributed by atoms with E-state index in [9.17, 15) is 9.59 Å². The van der Waals surface area contributed by atoms with E-state index < -0.39 is 5.97 Å². The average molecular weight is 682 g/mol. The molecule has 0 aliphatic rings. The molecule has 0 bridgehead atoms. The third-order valence-corrected chi connectivity index (χ3v) is 6.00. The van der Waals surface area contributed by atoms with Gasteiger partial charge in [-0.3, -0.25) is 18.0 Å². The minimum absolute atomic E-state index is 0.167. The van der Waals surface area contributed by atoms with E-state index in [1.165, 1.54) is 27.7 Å². The predicted octanol–water partition coefficient (Wildman–Crippen LogP) is 5.14. The van der Waals surface area contributed by atoms with Gasteiger partial charge in [-0.15, -0.1) is 0 Å². The molecule has 6 rings (SSSR count). The molecule has 0 aliphatic carbocycles.